The highest BCUT2D eigenvalue weighted by molar-refractivity contribution is 5.77. The molecule has 3 heterocycles. The zero-order valence-corrected chi connectivity index (χ0v) is 14.0. The maximum Gasteiger partial charge on any atom is 0.223 e. The highest BCUT2D eigenvalue weighted by Crippen LogP contribution is 2.35. The largest absolute Gasteiger partial charge is 0.334 e. The average Bonchev–Trinajstić information content (AvgIpc) is 3.05. The molecule has 0 spiro atoms. The van der Waals surface area contributed by atoms with Crippen LogP contribution in [-0.2, 0) is 4.79 Å². The zero-order valence-electron chi connectivity index (χ0n) is 14.0. The summed E-state index contributed by atoms with van der Waals surface area (Å²) in [5.41, 5.74) is 0.790. The van der Waals surface area contributed by atoms with E-state index in [1.165, 1.54) is 0 Å². The molecule has 2 aromatic rings. The van der Waals surface area contributed by atoms with E-state index in [1.807, 2.05) is 4.90 Å². The van der Waals surface area contributed by atoms with Crippen LogP contribution in [0.1, 0.15) is 44.8 Å². The van der Waals surface area contributed by atoms with Crippen LogP contribution in [0.3, 0.4) is 0 Å². The second-order valence-corrected chi connectivity index (χ2v) is 6.35. The molecule has 1 unspecified atom stereocenters. The Hall–Kier alpha value is -2.57. The van der Waals surface area contributed by atoms with Gasteiger partial charge < -0.3 is 10.2 Å². The van der Waals surface area contributed by atoms with E-state index in [2.05, 4.69) is 39.1 Å². The summed E-state index contributed by atoms with van der Waals surface area (Å²) in [6.45, 7) is 4.90. The minimum atomic E-state index is -0.0379. The Labute approximate surface area is 141 Å². The van der Waals surface area contributed by atoms with E-state index >= 15 is 0 Å². The van der Waals surface area contributed by atoms with E-state index in [0.29, 0.717) is 24.0 Å². The molecule has 1 aliphatic heterocycles. The van der Waals surface area contributed by atoms with Gasteiger partial charge in [0.1, 0.15) is 11.5 Å². The molecule has 7 heteroatoms. The van der Waals surface area contributed by atoms with Crippen molar-refractivity contribution in [1.29, 1.82) is 0 Å². The van der Waals surface area contributed by atoms with E-state index in [-0.39, 0.29) is 11.9 Å². The van der Waals surface area contributed by atoms with E-state index in [4.69, 9.17) is 0 Å². The quantitative estimate of drug-likeness (QED) is 0.909. The Kier molecular flexibility index (Phi) is 4.98. The van der Waals surface area contributed by atoms with Gasteiger partial charge >= 0.3 is 0 Å². The molecule has 0 aliphatic carbocycles. The molecule has 1 fully saturated rings. The van der Waals surface area contributed by atoms with E-state index in [1.54, 1.807) is 31.0 Å². The topological polar surface area (TPSA) is 83.9 Å². The minimum Gasteiger partial charge on any atom is -0.334 e. The molecule has 126 valence electrons. The van der Waals surface area contributed by atoms with Gasteiger partial charge in [-0.25, -0.2) is 9.97 Å². The van der Waals surface area contributed by atoms with E-state index < -0.39 is 0 Å². The molecule has 24 heavy (non-hydrogen) atoms. The van der Waals surface area contributed by atoms with Crippen molar-refractivity contribution in [2.45, 2.75) is 39.2 Å². The van der Waals surface area contributed by atoms with Crippen LogP contribution in [0.2, 0.25) is 0 Å². The van der Waals surface area contributed by atoms with Gasteiger partial charge in [-0.3, -0.25) is 14.8 Å². The van der Waals surface area contributed by atoms with E-state index in [0.717, 1.165) is 25.1 Å². The first-order chi connectivity index (χ1) is 11.6. The molecule has 1 amide bonds. The van der Waals surface area contributed by atoms with Crippen LogP contribution in [-0.4, -0.2) is 37.3 Å². The van der Waals surface area contributed by atoms with Crippen LogP contribution in [0.4, 0.5) is 11.6 Å². The third-order valence-electron chi connectivity index (χ3n) is 4.01. The van der Waals surface area contributed by atoms with Crippen LogP contribution >= 0.6 is 0 Å². The third kappa shape index (κ3) is 3.67. The lowest BCUT2D eigenvalue weighted by atomic mass is 10.1. The molecule has 0 bridgehead atoms. The van der Waals surface area contributed by atoms with Crippen LogP contribution < -0.4 is 5.32 Å². The Balaban J connectivity index is 1.84. The van der Waals surface area contributed by atoms with Gasteiger partial charge in [0, 0.05) is 37.8 Å². The van der Waals surface area contributed by atoms with Crippen LogP contribution in [0.5, 0.6) is 0 Å². The lowest BCUT2D eigenvalue weighted by molar-refractivity contribution is -0.132. The Morgan fingerprint density at radius 2 is 2.04 bits per heavy atom. The first-order valence-electron chi connectivity index (χ1n) is 8.28. The van der Waals surface area contributed by atoms with Gasteiger partial charge in [0.05, 0.1) is 12.2 Å². The van der Waals surface area contributed by atoms with Crippen molar-refractivity contribution >= 4 is 17.5 Å². The van der Waals surface area contributed by atoms with Crippen molar-refractivity contribution in [3.63, 3.8) is 0 Å². The number of nitrogens with one attached hydrogen (secondary N) is 1. The molecular formula is C17H22N6O. The van der Waals surface area contributed by atoms with Crippen LogP contribution in [0.25, 0.3) is 0 Å². The van der Waals surface area contributed by atoms with Gasteiger partial charge in [-0.05, 0) is 18.8 Å². The fraction of sp³-hybridized carbons (Fsp3) is 0.471. The predicted octanol–water partition coefficient (Wildman–Crippen LogP) is 2.72. The summed E-state index contributed by atoms with van der Waals surface area (Å²) in [5, 5.41) is 3.16. The smallest absolute Gasteiger partial charge is 0.223 e. The molecular weight excluding hydrogens is 304 g/mol. The number of aromatic nitrogens is 4. The first-order valence-corrected chi connectivity index (χ1v) is 8.28. The summed E-state index contributed by atoms with van der Waals surface area (Å²) in [6, 6.07) is -0.0379. The molecule has 0 saturated carbocycles. The molecule has 2 aromatic heterocycles. The van der Waals surface area contributed by atoms with Crippen LogP contribution in [0.15, 0.2) is 31.0 Å². The SMILES string of the molecule is CC(C)CC(=O)N1CCCC1c1nccnc1Nc1cnccn1. The fourth-order valence-corrected chi connectivity index (χ4v) is 2.99. The molecule has 1 saturated heterocycles. The van der Waals surface area contributed by atoms with Gasteiger partial charge in [-0.15, -0.1) is 0 Å². The summed E-state index contributed by atoms with van der Waals surface area (Å²) in [6.07, 6.45) is 10.6. The molecule has 1 aliphatic rings. The summed E-state index contributed by atoms with van der Waals surface area (Å²) in [5.74, 6) is 1.77. The molecule has 7 nitrogen and oxygen atoms in total. The summed E-state index contributed by atoms with van der Waals surface area (Å²) in [7, 11) is 0. The number of rotatable bonds is 5. The Morgan fingerprint density at radius 3 is 2.79 bits per heavy atom. The molecule has 1 atom stereocenters. The van der Waals surface area contributed by atoms with Crippen molar-refractivity contribution in [1.82, 2.24) is 24.8 Å². The second kappa shape index (κ2) is 7.33. The number of amides is 1. The van der Waals surface area contributed by atoms with Crippen molar-refractivity contribution in [3.8, 4) is 0 Å². The number of carbonyl (C=O) groups is 1. The number of carbonyl (C=O) groups excluding carboxylic acids is 1. The standard InChI is InChI=1S/C17H22N6O/c1-12(2)10-15(24)23-9-3-4-13(23)16-17(21-8-7-20-16)22-14-11-18-5-6-19-14/h5-8,11-13H,3-4,9-10H2,1-2H3,(H,19,21,22). The average molecular weight is 326 g/mol. The van der Waals surface area contributed by atoms with Crippen molar-refractivity contribution in [2.75, 3.05) is 11.9 Å². The van der Waals surface area contributed by atoms with Gasteiger partial charge in [-0.1, -0.05) is 13.8 Å². The van der Waals surface area contributed by atoms with Crippen molar-refractivity contribution < 1.29 is 4.79 Å². The number of hydrogen-bond donors (Lipinski definition) is 1. The van der Waals surface area contributed by atoms with Gasteiger partial charge in [0.25, 0.3) is 0 Å². The number of likely N-dealkylation sites (tertiary alicyclic amines) is 1. The van der Waals surface area contributed by atoms with Crippen LogP contribution in [0, 0.1) is 5.92 Å². The number of nitrogens with zero attached hydrogens (tertiary/aromatic N) is 5. The lowest BCUT2D eigenvalue weighted by Crippen LogP contribution is -2.32. The Morgan fingerprint density at radius 1 is 1.25 bits per heavy atom. The van der Waals surface area contributed by atoms with Gasteiger partial charge in [0.15, 0.2) is 5.82 Å². The first kappa shape index (κ1) is 16.3. The number of anilines is 2. The maximum atomic E-state index is 12.5. The Bertz CT molecular complexity index is 690. The summed E-state index contributed by atoms with van der Waals surface area (Å²) < 4.78 is 0. The minimum absolute atomic E-state index is 0.0379. The third-order valence-corrected chi connectivity index (χ3v) is 4.01. The summed E-state index contributed by atoms with van der Waals surface area (Å²) >= 11 is 0. The highest BCUT2D eigenvalue weighted by Gasteiger charge is 2.33. The highest BCUT2D eigenvalue weighted by atomic mass is 16.2. The van der Waals surface area contributed by atoms with Gasteiger partial charge in [-0.2, -0.15) is 0 Å². The molecule has 0 aromatic carbocycles. The molecule has 0 radical (unpaired) electrons. The normalized spacial score (nSPS) is 17.3. The van der Waals surface area contributed by atoms with Gasteiger partial charge in [0.2, 0.25) is 5.91 Å². The number of hydrogen-bond acceptors (Lipinski definition) is 6. The second-order valence-electron chi connectivity index (χ2n) is 6.35. The molecule has 1 N–H and O–H groups in total. The summed E-state index contributed by atoms with van der Waals surface area (Å²) in [4.78, 5) is 31.6. The lowest BCUT2D eigenvalue weighted by Gasteiger charge is -2.26. The zero-order chi connectivity index (χ0) is 16.9. The fourth-order valence-electron chi connectivity index (χ4n) is 2.99. The van der Waals surface area contributed by atoms with Crippen molar-refractivity contribution in [2.24, 2.45) is 5.92 Å². The molecule has 3 rings (SSSR count). The maximum absolute atomic E-state index is 12.5. The predicted molar refractivity (Wildman–Crippen MR) is 90.5 cm³/mol. The monoisotopic (exact) mass is 326 g/mol. The van der Waals surface area contributed by atoms with Crippen molar-refractivity contribution in [3.05, 3.63) is 36.7 Å². The van der Waals surface area contributed by atoms with E-state index in [9.17, 15) is 4.79 Å².